The SMILES string of the molecule is Cc1cn([C@H]2C[C@H](OP(=S)(OCCCCC(=O)NC(C)(C)C)OC[C@H]3O[C@@H](n4cc(C)c(=O)[nH]c4=O)C[C@@H]3O)[C@@H](CO)O2)c(=O)[nH]c1=O. The molecule has 2 fully saturated rings. The van der Waals surface area contributed by atoms with Crippen molar-refractivity contribution in [3.05, 3.63) is 65.2 Å². The number of carbonyl (C=O) groups excluding carboxylic acids is 1. The fourth-order valence-electron chi connectivity index (χ4n) is 5.26. The van der Waals surface area contributed by atoms with Crippen LogP contribution in [-0.2, 0) is 39.6 Å². The molecule has 48 heavy (non-hydrogen) atoms. The van der Waals surface area contributed by atoms with E-state index in [1.807, 2.05) is 20.8 Å². The molecule has 2 aromatic rings. The third kappa shape index (κ3) is 9.89. The van der Waals surface area contributed by atoms with Gasteiger partial charge in [0.1, 0.15) is 24.7 Å². The molecule has 2 aliphatic heterocycles. The van der Waals surface area contributed by atoms with E-state index in [0.29, 0.717) is 12.8 Å². The first-order chi connectivity index (χ1) is 22.5. The molecular weight excluding hydrogens is 673 g/mol. The Hall–Kier alpha value is -2.80. The number of carbonyl (C=O) groups is 1. The number of aryl methyl sites for hydroxylation is 2. The topological polar surface area (TPSA) is 225 Å². The fraction of sp³-hybridized carbons (Fsp3) is 0.690. The number of amides is 1. The Morgan fingerprint density at radius 1 is 0.979 bits per heavy atom. The number of hydrogen-bond acceptors (Lipinski definition) is 13. The van der Waals surface area contributed by atoms with Gasteiger partial charge >= 0.3 is 18.1 Å². The highest BCUT2D eigenvalue weighted by Crippen LogP contribution is 2.54. The third-order valence-corrected chi connectivity index (χ3v) is 10.1. The van der Waals surface area contributed by atoms with E-state index in [2.05, 4.69) is 15.3 Å². The average Bonchev–Trinajstić information content (AvgIpc) is 3.56. The lowest BCUT2D eigenvalue weighted by atomic mass is 10.1. The molecule has 1 unspecified atom stereocenters. The van der Waals surface area contributed by atoms with Crippen LogP contribution in [0.15, 0.2) is 31.6 Å². The Labute approximate surface area is 280 Å². The van der Waals surface area contributed by atoms with Crippen molar-refractivity contribution in [3.63, 3.8) is 0 Å². The average molecular weight is 718 g/mol. The van der Waals surface area contributed by atoms with E-state index < -0.39 is 72.7 Å². The number of H-pyrrole nitrogens is 2. The van der Waals surface area contributed by atoms with Crippen molar-refractivity contribution in [1.82, 2.24) is 24.4 Å². The summed E-state index contributed by atoms with van der Waals surface area (Å²) in [6.45, 7) is 4.34. The van der Waals surface area contributed by atoms with E-state index in [1.54, 1.807) is 0 Å². The molecule has 2 saturated heterocycles. The van der Waals surface area contributed by atoms with Crippen molar-refractivity contribution in [2.24, 2.45) is 0 Å². The quantitative estimate of drug-likeness (QED) is 0.132. The molecule has 0 aromatic carbocycles. The van der Waals surface area contributed by atoms with Crippen LogP contribution in [0.2, 0.25) is 0 Å². The Balaban J connectivity index is 1.46. The molecule has 2 aliphatic rings. The van der Waals surface area contributed by atoms with Crippen molar-refractivity contribution >= 4 is 24.4 Å². The maximum Gasteiger partial charge on any atom is 0.330 e. The van der Waals surface area contributed by atoms with Gasteiger partial charge in [-0.15, -0.1) is 0 Å². The highest BCUT2D eigenvalue weighted by molar-refractivity contribution is 8.07. The predicted octanol–water partition coefficient (Wildman–Crippen LogP) is 0.360. The summed E-state index contributed by atoms with van der Waals surface area (Å²) in [5, 5.41) is 23.7. The van der Waals surface area contributed by atoms with E-state index in [9.17, 15) is 34.2 Å². The van der Waals surface area contributed by atoms with Crippen LogP contribution in [0.1, 0.15) is 76.5 Å². The van der Waals surface area contributed by atoms with Crippen LogP contribution >= 0.6 is 6.72 Å². The van der Waals surface area contributed by atoms with E-state index >= 15 is 0 Å². The van der Waals surface area contributed by atoms with Gasteiger partial charge in [-0.05, 0) is 59.3 Å². The van der Waals surface area contributed by atoms with E-state index in [0.717, 1.165) is 0 Å². The highest BCUT2D eigenvalue weighted by atomic mass is 32.5. The molecule has 5 N–H and O–H groups in total. The number of nitrogens with one attached hydrogen (secondary N) is 3. The lowest BCUT2D eigenvalue weighted by molar-refractivity contribution is -0.122. The van der Waals surface area contributed by atoms with Crippen molar-refractivity contribution in [3.8, 4) is 0 Å². The highest BCUT2D eigenvalue weighted by Gasteiger charge is 2.43. The fourth-order valence-corrected chi connectivity index (χ4v) is 7.43. The number of aromatic amines is 2. The van der Waals surface area contributed by atoms with E-state index in [4.69, 9.17) is 34.9 Å². The van der Waals surface area contributed by atoms with Crippen LogP contribution < -0.4 is 27.8 Å². The summed E-state index contributed by atoms with van der Waals surface area (Å²) in [6.07, 6.45) is -1.69. The van der Waals surface area contributed by atoms with Crippen molar-refractivity contribution < 1.29 is 38.1 Å². The van der Waals surface area contributed by atoms with Crippen LogP contribution in [-0.4, -0.2) is 85.0 Å². The molecular formula is C29H44N5O12PS. The number of aliphatic hydroxyl groups excluding tert-OH is 2. The minimum absolute atomic E-state index is 0.0265. The zero-order chi connectivity index (χ0) is 35.4. The summed E-state index contributed by atoms with van der Waals surface area (Å²) >= 11 is 5.76. The number of hydrogen-bond donors (Lipinski definition) is 5. The Morgan fingerprint density at radius 3 is 2.10 bits per heavy atom. The predicted molar refractivity (Wildman–Crippen MR) is 175 cm³/mol. The van der Waals surface area contributed by atoms with Crippen LogP contribution in [0, 0.1) is 13.8 Å². The molecule has 17 nitrogen and oxygen atoms in total. The van der Waals surface area contributed by atoms with Crippen LogP contribution in [0.3, 0.4) is 0 Å². The van der Waals surface area contributed by atoms with Crippen molar-refractivity contribution in [2.75, 3.05) is 19.8 Å². The first-order valence-corrected chi connectivity index (χ1v) is 18.2. The lowest BCUT2D eigenvalue weighted by Gasteiger charge is -2.28. The maximum absolute atomic E-state index is 12.5. The summed E-state index contributed by atoms with van der Waals surface area (Å²) in [5.41, 5.74) is -2.25. The molecule has 0 spiro atoms. The number of nitrogens with zero attached hydrogens (tertiary/aromatic N) is 2. The second-order valence-corrected chi connectivity index (χ2v) is 15.9. The van der Waals surface area contributed by atoms with Gasteiger partial charge in [-0.25, -0.2) is 9.59 Å². The van der Waals surface area contributed by atoms with Gasteiger partial charge in [0, 0.05) is 48.3 Å². The van der Waals surface area contributed by atoms with E-state index in [-0.39, 0.29) is 55.0 Å². The summed E-state index contributed by atoms with van der Waals surface area (Å²) in [7, 11) is 0. The van der Waals surface area contributed by atoms with Crippen LogP contribution in [0.25, 0.3) is 0 Å². The Morgan fingerprint density at radius 2 is 1.54 bits per heavy atom. The molecule has 4 rings (SSSR count). The zero-order valence-electron chi connectivity index (χ0n) is 27.5. The van der Waals surface area contributed by atoms with Crippen LogP contribution in [0.5, 0.6) is 0 Å². The van der Waals surface area contributed by atoms with Gasteiger partial charge in [0.25, 0.3) is 11.1 Å². The van der Waals surface area contributed by atoms with Gasteiger partial charge in [0.2, 0.25) is 5.91 Å². The molecule has 0 aliphatic carbocycles. The van der Waals surface area contributed by atoms with E-state index in [1.165, 1.54) is 35.4 Å². The number of rotatable bonds is 14. The van der Waals surface area contributed by atoms with Gasteiger partial charge in [-0.1, -0.05) is 0 Å². The maximum atomic E-state index is 12.5. The van der Waals surface area contributed by atoms with Gasteiger partial charge in [0.05, 0.1) is 32.0 Å². The standard InChI is InChI=1S/C29H44N5O12PS/c1-16-12-33(27(40)30-25(16)38)23-10-18(36)21(45-23)15-43-47(48,42-9-7-6-8-22(37)32-29(3,4)5)46-19-11-24(44-20(19)14-35)34-13-17(2)26(39)31-28(34)41/h12-13,18-21,23-24,35-36H,6-11,14-15H2,1-5H3,(H,32,37)(H,30,38,40)(H,31,39,41)/t18-,19-,20+,21+,23+,24+,47?/m0/s1. The van der Waals surface area contributed by atoms with Gasteiger partial charge in [-0.2, -0.15) is 0 Å². The molecule has 1 amide bonds. The molecule has 19 heteroatoms. The summed E-state index contributed by atoms with van der Waals surface area (Å²) in [4.78, 5) is 65.2. The third-order valence-electron chi connectivity index (χ3n) is 7.70. The zero-order valence-corrected chi connectivity index (χ0v) is 29.2. The Kier molecular flexibility index (Phi) is 12.5. The molecule has 0 saturated carbocycles. The van der Waals surface area contributed by atoms with Crippen molar-refractivity contribution in [2.45, 2.75) is 109 Å². The largest absolute Gasteiger partial charge is 0.394 e. The molecule has 0 bridgehead atoms. The first kappa shape index (κ1) is 38.0. The minimum Gasteiger partial charge on any atom is -0.394 e. The van der Waals surface area contributed by atoms with Gasteiger partial charge in [-0.3, -0.25) is 33.5 Å². The number of aliphatic hydroxyl groups is 2. The lowest BCUT2D eigenvalue weighted by Crippen LogP contribution is -2.40. The molecule has 268 valence electrons. The monoisotopic (exact) mass is 717 g/mol. The Bertz CT molecular complexity index is 1730. The normalized spacial score (nSPS) is 25.6. The molecule has 0 radical (unpaired) electrons. The minimum atomic E-state index is -3.67. The number of ether oxygens (including phenoxy) is 2. The second-order valence-electron chi connectivity index (χ2n) is 12.9. The number of unbranched alkanes of at least 4 members (excludes halogenated alkanes) is 1. The summed E-state index contributed by atoms with van der Waals surface area (Å²) in [6, 6.07) is 0. The first-order valence-electron chi connectivity index (χ1n) is 15.6. The second kappa shape index (κ2) is 15.8. The van der Waals surface area contributed by atoms with Gasteiger partial charge < -0.3 is 38.6 Å². The summed E-state index contributed by atoms with van der Waals surface area (Å²) in [5.74, 6) is -0.110. The smallest absolute Gasteiger partial charge is 0.330 e. The van der Waals surface area contributed by atoms with Crippen LogP contribution in [0.4, 0.5) is 0 Å². The van der Waals surface area contributed by atoms with Crippen molar-refractivity contribution in [1.29, 1.82) is 0 Å². The molecule has 7 atom stereocenters. The molecule has 2 aromatic heterocycles. The van der Waals surface area contributed by atoms with Gasteiger partial charge in [0.15, 0.2) is 0 Å². The summed E-state index contributed by atoms with van der Waals surface area (Å²) < 4.78 is 32.4. The molecule has 4 heterocycles. The number of aromatic nitrogens is 4.